The van der Waals surface area contributed by atoms with Crippen molar-refractivity contribution < 1.29 is 9.90 Å². The molecule has 1 aliphatic carbocycles. The summed E-state index contributed by atoms with van der Waals surface area (Å²) in [5, 5.41) is 10.8. The van der Waals surface area contributed by atoms with Gasteiger partial charge in [0.2, 0.25) is 0 Å². The summed E-state index contributed by atoms with van der Waals surface area (Å²) in [6.07, 6.45) is 1.37. The van der Waals surface area contributed by atoms with Gasteiger partial charge in [-0.1, -0.05) is 24.3 Å². The average Bonchev–Trinajstić information content (AvgIpc) is 3.22. The standard InChI is InChI=1S/C15H15NO2/c17-14(15(18)11-5-6-11)9-12-8-7-10-3-1-2-4-13(10)16-12/h1-4,7-8,11,15,18H,5-6,9H2. The third-order valence-corrected chi connectivity index (χ3v) is 3.41. The van der Waals surface area contributed by atoms with E-state index >= 15 is 0 Å². The summed E-state index contributed by atoms with van der Waals surface area (Å²) in [5.41, 5.74) is 1.63. The molecule has 0 radical (unpaired) electrons. The number of hydrogen-bond donors (Lipinski definition) is 1. The third kappa shape index (κ3) is 2.27. The van der Waals surface area contributed by atoms with E-state index in [2.05, 4.69) is 4.98 Å². The number of pyridine rings is 1. The Bertz CT molecular complexity index is 590. The van der Waals surface area contributed by atoms with Crippen LogP contribution in [0.2, 0.25) is 0 Å². The lowest BCUT2D eigenvalue weighted by Gasteiger charge is -2.07. The molecule has 0 spiro atoms. The minimum Gasteiger partial charge on any atom is -0.385 e. The maximum absolute atomic E-state index is 11.8. The van der Waals surface area contributed by atoms with Crippen LogP contribution in [0.15, 0.2) is 36.4 Å². The Morgan fingerprint density at radius 3 is 2.83 bits per heavy atom. The predicted molar refractivity (Wildman–Crippen MR) is 69.2 cm³/mol. The van der Waals surface area contributed by atoms with Crippen LogP contribution in [0, 0.1) is 5.92 Å². The van der Waals surface area contributed by atoms with Gasteiger partial charge >= 0.3 is 0 Å². The Morgan fingerprint density at radius 1 is 1.28 bits per heavy atom. The first-order valence-corrected chi connectivity index (χ1v) is 6.29. The van der Waals surface area contributed by atoms with E-state index in [0.717, 1.165) is 29.4 Å². The minimum atomic E-state index is -0.793. The quantitative estimate of drug-likeness (QED) is 0.892. The summed E-state index contributed by atoms with van der Waals surface area (Å²) in [5.74, 6) is 0.0817. The van der Waals surface area contributed by atoms with Crippen LogP contribution >= 0.6 is 0 Å². The van der Waals surface area contributed by atoms with Gasteiger partial charge in [0.15, 0.2) is 5.78 Å². The Hall–Kier alpha value is -1.74. The van der Waals surface area contributed by atoms with E-state index in [0.29, 0.717) is 0 Å². The van der Waals surface area contributed by atoms with Crippen molar-refractivity contribution in [2.45, 2.75) is 25.4 Å². The first-order valence-electron chi connectivity index (χ1n) is 6.29. The number of para-hydroxylation sites is 1. The molecule has 1 N–H and O–H groups in total. The fourth-order valence-electron chi connectivity index (χ4n) is 2.16. The lowest BCUT2D eigenvalue weighted by Crippen LogP contribution is -2.24. The van der Waals surface area contributed by atoms with E-state index in [4.69, 9.17) is 0 Å². The highest BCUT2D eigenvalue weighted by molar-refractivity contribution is 5.86. The molecular weight excluding hydrogens is 226 g/mol. The molecule has 18 heavy (non-hydrogen) atoms. The second-order valence-electron chi connectivity index (χ2n) is 4.92. The molecule has 92 valence electrons. The lowest BCUT2D eigenvalue weighted by molar-refractivity contribution is -0.127. The number of benzene rings is 1. The summed E-state index contributed by atoms with van der Waals surface area (Å²) < 4.78 is 0. The van der Waals surface area contributed by atoms with E-state index in [1.807, 2.05) is 36.4 Å². The fraction of sp³-hybridized carbons (Fsp3) is 0.333. The number of rotatable bonds is 4. The molecule has 1 unspecified atom stereocenters. The Morgan fingerprint density at radius 2 is 2.06 bits per heavy atom. The first kappa shape index (κ1) is 11.4. The smallest absolute Gasteiger partial charge is 0.167 e. The van der Waals surface area contributed by atoms with Crippen LogP contribution < -0.4 is 0 Å². The third-order valence-electron chi connectivity index (χ3n) is 3.41. The number of Topliss-reactive ketones (excluding diaryl/α,β-unsaturated/α-hetero) is 1. The molecule has 0 saturated heterocycles. The van der Waals surface area contributed by atoms with Gasteiger partial charge in [-0.25, -0.2) is 0 Å². The summed E-state index contributed by atoms with van der Waals surface area (Å²) in [6.45, 7) is 0. The summed E-state index contributed by atoms with van der Waals surface area (Å²) >= 11 is 0. The van der Waals surface area contributed by atoms with E-state index in [-0.39, 0.29) is 18.1 Å². The van der Waals surface area contributed by atoms with Crippen molar-refractivity contribution >= 4 is 16.7 Å². The Balaban J connectivity index is 1.79. The lowest BCUT2D eigenvalue weighted by atomic mass is 10.1. The monoisotopic (exact) mass is 241 g/mol. The molecule has 1 aromatic heterocycles. The van der Waals surface area contributed by atoms with Crippen LogP contribution in [-0.4, -0.2) is 22.0 Å². The van der Waals surface area contributed by atoms with Crippen LogP contribution in [-0.2, 0) is 11.2 Å². The Labute approximate surface area is 105 Å². The van der Waals surface area contributed by atoms with E-state index in [9.17, 15) is 9.90 Å². The maximum Gasteiger partial charge on any atom is 0.167 e. The van der Waals surface area contributed by atoms with E-state index in [1.165, 1.54) is 0 Å². The molecule has 0 amide bonds. The highest BCUT2D eigenvalue weighted by Crippen LogP contribution is 2.33. The van der Waals surface area contributed by atoms with Crippen molar-refractivity contribution in [3.05, 3.63) is 42.1 Å². The molecule has 3 rings (SSSR count). The van der Waals surface area contributed by atoms with Gasteiger partial charge in [-0.15, -0.1) is 0 Å². The highest BCUT2D eigenvalue weighted by Gasteiger charge is 2.34. The fourth-order valence-corrected chi connectivity index (χ4v) is 2.16. The number of aromatic nitrogens is 1. The second kappa shape index (κ2) is 4.50. The molecule has 2 aromatic rings. The number of carbonyl (C=O) groups is 1. The number of carbonyl (C=O) groups excluding carboxylic acids is 1. The van der Waals surface area contributed by atoms with Crippen molar-refractivity contribution in [3.8, 4) is 0 Å². The minimum absolute atomic E-state index is 0.111. The number of aliphatic hydroxyl groups is 1. The van der Waals surface area contributed by atoms with Gasteiger partial charge in [0.1, 0.15) is 6.10 Å². The first-order chi connectivity index (χ1) is 8.74. The van der Waals surface area contributed by atoms with Gasteiger partial charge in [0.05, 0.1) is 11.9 Å². The van der Waals surface area contributed by atoms with Crippen LogP contribution in [0.25, 0.3) is 10.9 Å². The van der Waals surface area contributed by atoms with Crippen molar-refractivity contribution in [2.24, 2.45) is 5.92 Å². The van der Waals surface area contributed by atoms with Gasteiger partial charge in [-0.2, -0.15) is 0 Å². The number of aliphatic hydroxyl groups excluding tert-OH is 1. The van der Waals surface area contributed by atoms with E-state index < -0.39 is 6.10 Å². The molecule has 1 atom stereocenters. The zero-order valence-corrected chi connectivity index (χ0v) is 10.0. The largest absolute Gasteiger partial charge is 0.385 e. The van der Waals surface area contributed by atoms with Gasteiger partial charge < -0.3 is 5.11 Å². The van der Waals surface area contributed by atoms with Gasteiger partial charge in [0.25, 0.3) is 0 Å². The number of nitrogens with zero attached hydrogens (tertiary/aromatic N) is 1. The zero-order valence-electron chi connectivity index (χ0n) is 10.0. The molecule has 1 heterocycles. The molecule has 1 aliphatic rings. The molecule has 3 heteroatoms. The molecule has 3 nitrogen and oxygen atoms in total. The normalized spacial score (nSPS) is 16.7. The molecule has 1 saturated carbocycles. The SMILES string of the molecule is O=C(Cc1ccc2ccccc2n1)C(O)C1CC1. The van der Waals surface area contributed by atoms with Crippen LogP contribution in [0.1, 0.15) is 18.5 Å². The van der Waals surface area contributed by atoms with Crippen LogP contribution in [0.3, 0.4) is 0 Å². The van der Waals surface area contributed by atoms with Gasteiger partial charge in [-0.05, 0) is 30.9 Å². The van der Waals surface area contributed by atoms with Crippen molar-refractivity contribution in [2.75, 3.05) is 0 Å². The molecular formula is C15H15NO2. The topological polar surface area (TPSA) is 50.2 Å². The van der Waals surface area contributed by atoms with Gasteiger partial charge in [-0.3, -0.25) is 9.78 Å². The summed E-state index contributed by atoms with van der Waals surface area (Å²) in [4.78, 5) is 16.3. The number of fused-ring (bicyclic) bond motifs is 1. The number of hydrogen-bond acceptors (Lipinski definition) is 3. The van der Waals surface area contributed by atoms with Crippen LogP contribution in [0.5, 0.6) is 0 Å². The van der Waals surface area contributed by atoms with E-state index in [1.54, 1.807) is 0 Å². The van der Waals surface area contributed by atoms with Crippen LogP contribution in [0.4, 0.5) is 0 Å². The van der Waals surface area contributed by atoms with Crippen molar-refractivity contribution in [3.63, 3.8) is 0 Å². The summed E-state index contributed by atoms with van der Waals surface area (Å²) in [7, 11) is 0. The zero-order chi connectivity index (χ0) is 12.5. The number of ketones is 1. The molecule has 0 aliphatic heterocycles. The van der Waals surface area contributed by atoms with Crippen molar-refractivity contribution in [1.82, 2.24) is 4.98 Å². The molecule has 0 bridgehead atoms. The van der Waals surface area contributed by atoms with Gasteiger partial charge in [0, 0.05) is 11.1 Å². The highest BCUT2D eigenvalue weighted by atomic mass is 16.3. The second-order valence-corrected chi connectivity index (χ2v) is 4.92. The average molecular weight is 241 g/mol. The molecule has 1 aromatic carbocycles. The Kier molecular flexibility index (Phi) is 2.84. The van der Waals surface area contributed by atoms with Crippen molar-refractivity contribution in [1.29, 1.82) is 0 Å². The molecule has 1 fully saturated rings. The predicted octanol–water partition coefficient (Wildman–Crippen LogP) is 2.12. The maximum atomic E-state index is 11.8. The summed E-state index contributed by atoms with van der Waals surface area (Å²) in [6, 6.07) is 11.6.